The monoisotopic (exact) mass is 827 g/mol. The number of unbranched alkanes of at least 4 members (excludes halogenated alkanes) is 24. The van der Waals surface area contributed by atoms with Gasteiger partial charge in [0.25, 0.3) is 0 Å². The van der Waals surface area contributed by atoms with Gasteiger partial charge in [0.05, 0.1) is 34.4 Å². The van der Waals surface area contributed by atoms with Crippen molar-refractivity contribution in [3.63, 3.8) is 0 Å². The molecule has 8 nitrogen and oxygen atoms in total. The van der Waals surface area contributed by atoms with Gasteiger partial charge in [-0.1, -0.05) is 172 Å². The normalized spacial score (nSPS) is 14.0. The average molecular weight is 827 g/mol. The number of quaternary nitrogens is 1. The van der Waals surface area contributed by atoms with Crippen LogP contribution >= 0.6 is 7.82 Å². The minimum atomic E-state index is -4.28. The number of hydrogen-bond donors (Lipinski definition) is 1. The number of allylic oxidation sites excluding steroid dienone is 6. The van der Waals surface area contributed by atoms with Crippen molar-refractivity contribution in [2.24, 2.45) is 0 Å². The van der Waals surface area contributed by atoms with Crippen molar-refractivity contribution < 1.29 is 37.3 Å². The van der Waals surface area contributed by atoms with E-state index in [1.54, 1.807) is 0 Å². The summed E-state index contributed by atoms with van der Waals surface area (Å²) in [5, 5.41) is 0. The predicted octanol–water partition coefficient (Wildman–Crippen LogP) is 14.2. The maximum Gasteiger partial charge on any atom is 0.472 e. The van der Waals surface area contributed by atoms with E-state index in [-0.39, 0.29) is 25.8 Å². The first-order valence-electron chi connectivity index (χ1n) is 23.7. The molecule has 2 atom stereocenters. The van der Waals surface area contributed by atoms with Gasteiger partial charge in [-0.25, -0.2) is 4.57 Å². The molecule has 0 aromatic heterocycles. The molecule has 9 heteroatoms. The van der Waals surface area contributed by atoms with E-state index in [0.29, 0.717) is 24.1 Å². The molecule has 0 heterocycles. The molecule has 0 bridgehead atoms. The Morgan fingerprint density at radius 1 is 0.544 bits per heavy atom. The number of carbonyl (C=O) groups excluding carboxylic acids is 1. The zero-order valence-electron chi connectivity index (χ0n) is 38.1. The third-order valence-corrected chi connectivity index (χ3v) is 11.2. The van der Waals surface area contributed by atoms with E-state index in [1.807, 2.05) is 21.1 Å². The second-order valence-corrected chi connectivity index (χ2v) is 18.6. The van der Waals surface area contributed by atoms with Crippen LogP contribution in [0.25, 0.3) is 0 Å². The highest BCUT2D eigenvalue weighted by atomic mass is 31.2. The van der Waals surface area contributed by atoms with E-state index in [9.17, 15) is 14.3 Å². The molecule has 0 aromatic carbocycles. The third kappa shape index (κ3) is 45.7. The Kier molecular flexibility index (Phi) is 40.5. The van der Waals surface area contributed by atoms with Gasteiger partial charge in [-0.3, -0.25) is 13.8 Å². The van der Waals surface area contributed by atoms with Crippen LogP contribution in [0.4, 0.5) is 0 Å². The Labute approximate surface area is 353 Å². The van der Waals surface area contributed by atoms with E-state index in [1.165, 1.54) is 148 Å². The first kappa shape index (κ1) is 55.7. The zero-order valence-corrected chi connectivity index (χ0v) is 39.0. The van der Waals surface area contributed by atoms with Gasteiger partial charge >= 0.3 is 13.8 Å². The molecule has 0 saturated heterocycles. The molecule has 0 radical (unpaired) electrons. The summed E-state index contributed by atoms with van der Waals surface area (Å²) in [5.41, 5.74) is 0. The molecule has 2 unspecified atom stereocenters. The molecule has 0 saturated carbocycles. The third-order valence-electron chi connectivity index (χ3n) is 10.2. The second kappa shape index (κ2) is 41.5. The van der Waals surface area contributed by atoms with Gasteiger partial charge in [-0.05, 0) is 64.2 Å². The molecule has 0 aliphatic rings. The van der Waals surface area contributed by atoms with E-state index in [2.05, 4.69) is 50.3 Å². The fraction of sp³-hybridized carbons (Fsp3) is 0.854. The molecule has 0 rings (SSSR count). The Balaban J connectivity index is 4.12. The lowest BCUT2D eigenvalue weighted by atomic mass is 10.0. The highest BCUT2D eigenvalue weighted by molar-refractivity contribution is 7.47. The fourth-order valence-electron chi connectivity index (χ4n) is 6.45. The summed E-state index contributed by atoms with van der Waals surface area (Å²) in [6.07, 6.45) is 48.9. The topological polar surface area (TPSA) is 91.3 Å². The maximum absolute atomic E-state index is 12.7. The number of phosphoric acid groups is 1. The lowest BCUT2D eigenvalue weighted by molar-refractivity contribution is -0.870. The van der Waals surface area contributed by atoms with Gasteiger partial charge in [0.1, 0.15) is 19.3 Å². The first-order valence-corrected chi connectivity index (χ1v) is 25.2. The number of likely N-dealkylation sites (N-methyl/N-ethyl adjacent to an activating group) is 1. The lowest BCUT2D eigenvalue weighted by Crippen LogP contribution is -2.37. The largest absolute Gasteiger partial charge is 0.472 e. The minimum absolute atomic E-state index is 0.0872. The Morgan fingerprint density at radius 2 is 0.982 bits per heavy atom. The summed E-state index contributed by atoms with van der Waals surface area (Å²) < 4.78 is 35.0. The van der Waals surface area contributed by atoms with Gasteiger partial charge in [-0.2, -0.15) is 0 Å². The molecule has 1 N–H and O–H groups in total. The van der Waals surface area contributed by atoms with Gasteiger partial charge in [0.2, 0.25) is 0 Å². The van der Waals surface area contributed by atoms with Crippen molar-refractivity contribution in [2.45, 2.75) is 213 Å². The molecule has 0 aliphatic heterocycles. The number of carbonyl (C=O) groups is 1. The first-order chi connectivity index (χ1) is 27.6. The summed E-state index contributed by atoms with van der Waals surface area (Å²) in [6, 6.07) is 0. The van der Waals surface area contributed by atoms with E-state index >= 15 is 0 Å². The number of nitrogens with zero attached hydrogens (tertiary/aromatic N) is 1. The highest BCUT2D eigenvalue weighted by Crippen LogP contribution is 2.43. The van der Waals surface area contributed by atoms with Crippen molar-refractivity contribution in [1.29, 1.82) is 0 Å². The van der Waals surface area contributed by atoms with Crippen LogP contribution in [-0.2, 0) is 27.9 Å². The second-order valence-electron chi connectivity index (χ2n) is 17.1. The highest BCUT2D eigenvalue weighted by Gasteiger charge is 2.26. The molecular formula is C48H93NO7P+. The van der Waals surface area contributed by atoms with Crippen LogP contribution in [-0.4, -0.2) is 75.6 Å². The Hall–Kier alpha value is -1.28. The van der Waals surface area contributed by atoms with Crippen LogP contribution in [0.5, 0.6) is 0 Å². The lowest BCUT2D eigenvalue weighted by Gasteiger charge is -2.24. The summed E-state index contributed by atoms with van der Waals surface area (Å²) in [6.45, 7) is 5.58. The average Bonchev–Trinajstić information content (AvgIpc) is 3.16. The van der Waals surface area contributed by atoms with Crippen molar-refractivity contribution in [3.8, 4) is 0 Å². The van der Waals surface area contributed by atoms with Crippen molar-refractivity contribution >= 4 is 13.8 Å². The molecule has 336 valence electrons. The Morgan fingerprint density at radius 3 is 1.49 bits per heavy atom. The molecule has 0 aromatic rings. The van der Waals surface area contributed by atoms with Gasteiger partial charge < -0.3 is 18.9 Å². The van der Waals surface area contributed by atoms with Crippen LogP contribution < -0.4 is 0 Å². The zero-order chi connectivity index (χ0) is 42.0. The van der Waals surface area contributed by atoms with Gasteiger partial charge in [-0.15, -0.1) is 0 Å². The van der Waals surface area contributed by atoms with Crippen LogP contribution in [0.1, 0.15) is 206 Å². The van der Waals surface area contributed by atoms with Crippen molar-refractivity contribution in [3.05, 3.63) is 36.5 Å². The van der Waals surface area contributed by atoms with Crippen molar-refractivity contribution in [1.82, 2.24) is 0 Å². The molecule has 0 spiro atoms. The smallest absolute Gasteiger partial charge is 0.457 e. The molecule has 0 aliphatic carbocycles. The quantitative estimate of drug-likeness (QED) is 0.0215. The minimum Gasteiger partial charge on any atom is -0.457 e. The standard InChI is InChI=1S/C48H92NO7P/c1-6-8-10-12-14-16-18-20-21-22-23-24-25-26-27-28-29-30-31-33-35-37-39-41-48(50)56-47(46-55-57(51,52)54-44-42-49(3,4)5)45-53-43-40-38-36-34-32-19-17-15-13-11-9-7-2/h13,15,18,20,22-23,47H,6-12,14,16-17,19,21,24-46H2,1-5H3/p+1/b15-13-,20-18-,23-22-. The summed E-state index contributed by atoms with van der Waals surface area (Å²) in [5.74, 6) is -0.318. The van der Waals surface area contributed by atoms with E-state index < -0.39 is 13.9 Å². The van der Waals surface area contributed by atoms with Crippen molar-refractivity contribution in [2.75, 3.05) is 54.1 Å². The fourth-order valence-corrected chi connectivity index (χ4v) is 7.19. The summed E-state index contributed by atoms with van der Waals surface area (Å²) >= 11 is 0. The van der Waals surface area contributed by atoms with E-state index in [0.717, 1.165) is 38.5 Å². The number of ether oxygens (including phenoxy) is 2. The van der Waals surface area contributed by atoms with Gasteiger partial charge in [0, 0.05) is 13.0 Å². The van der Waals surface area contributed by atoms with Gasteiger partial charge in [0.15, 0.2) is 0 Å². The van der Waals surface area contributed by atoms with Crippen LogP contribution in [0.15, 0.2) is 36.5 Å². The number of rotatable bonds is 44. The molecule has 57 heavy (non-hydrogen) atoms. The van der Waals surface area contributed by atoms with Crippen LogP contribution in [0, 0.1) is 0 Å². The number of hydrogen-bond acceptors (Lipinski definition) is 6. The molecular weight excluding hydrogens is 734 g/mol. The predicted molar refractivity (Wildman–Crippen MR) is 243 cm³/mol. The van der Waals surface area contributed by atoms with Crippen LogP contribution in [0.2, 0.25) is 0 Å². The Bertz CT molecular complexity index is 1010. The molecule has 0 amide bonds. The maximum atomic E-state index is 12.7. The number of esters is 1. The van der Waals surface area contributed by atoms with Crippen LogP contribution in [0.3, 0.4) is 0 Å². The van der Waals surface area contributed by atoms with E-state index in [4.69, 9.17) is 18.5 Å². The summed E-state index contributed by atoms with van der Waals surface area (Å²) in [7, 11) is 1.66. The number of phosphoric ester groups is 1. The molecule has 0 fully saturated rings. The SMILES string of the molecule is CCCC/C=C\CCCCCCCCOCC(COP(=O)(O)OCC[N+](C)(C)C)OC(=O)CCCCCCCCCCCCC/C=C\C/C=C\CCCCCCC. The summed E-state index contributed by atoms with van der Waals surface area (Å²) in [4.78, 5) is 22.9.